The maximum atomic E-state index is 12.4. The molecule has 0 spiro atoms. The summed E-state index contributed by atoms with van der Waals surface area (Å²) in [7, 11) is 0. The lowest BCUT2D eigenvalue weighted by atomic mass is 10.2. The Morgan fingerprint density at radius 2 is 1.92 bits per heavy atom. The van der Waals surface area contributed by atoms with Gasteiger partial charge in [0.2, 0.25) is 5.91 Å². The smallest absolute Gasteiger partial charge is 0.238 e. The standard InChI is InChI=1S/C19H25N3O2S/c1-2-24-18-6-4-3-5-17(18)20-19(23)14-22-10-8-21(9-11-22)13-16-7-12-25-15-16/h3-7,12,15H,2,8-11,13-14H2,1H3,(H,20,23). The number of ether oxygens (including phenoxy) is 1. The van der Waals surface area contributed by atoms with Crippen LogP contribution in [-0.4, -0.2) is 55.0 Å². The third-order valence-electron chi connectivity index (χ3n) is 4.28. The molecule has 1 aromatic carbocycles. The van der Waals surface area contributed by atoms with Gasteiger partial charge in [-0.1, -0.05) is 12.1 Å². The summed E-state index contributed by atoms with van der Waals surface area (Å²) >= 11 is 1.74. The lowest BCUT2D eigenvalue weighted by Gasteiger charge is -2.34. The summed E-state index contributed by atoms with van der Waals surface area (Å²) in [6.07, 6.45) is 0. The number of piperazine rings is 1. The Morgan fingerprint density at radius 1 is 1.16 bits per heavy atom. The molecule has 0 unspecified atom stereocenters. The second kappa shape index (κ2) is 8.99. The predicted molar refractivity (Wildman–Crippen MR) is 102 cm³/mol. The van der Waals surface area contributed by atoms with E-state index in [-0.39, 0.29) is 5.91 Å². The zero-order chi connectivity index (χ0) is 17.5. The Hall–Kier alpha value is -1.89. The SMILES string of the molecule is CCOc1ccccc1NC(=O)CN1CCN(Cc2ccsc2)CC1. The van der Waals surface area contributed by atoms with Crippen LogP contribution in [0.4, 0.5) is 5.69 Å². The second-order valence-corrected chi connectivity index (χ2v) is 6.94. The molecule has 0 bridgehead atoms. The van der Waals surface area contributed by atoms with E-state index >= 15 is 0 Å². The minimum Gasteiger partial charge on any atom is -0.492 e. The molecular formula is C19H25N3O2S. The van der Waals surface area contributed by atoms with E-state index < -0.39 is 0 Å². The van der Waals surface area contributed by atoms with Gasteiger partial charge in [0.05, 0.1) is 18.8 Å². The molecule has 1 aromatic heterocycles. The van der Waals surface area contributed by atoms with E-state index in [1.54, 1.807) is 11.3 Å². The van der Waals surface area contributed by atoms with Crippen LogP contribution in [0.2, 0.25) is 0 Å². The molecule has 1 amide bonds. The molecular weight excluding hydrogens is 334 g/mol. The summed E-state index contributed by atoms with van der Waals surface area (Å²) in [5.74, 6) is 0.734. The van der Waals surface area contributed by atoms with Crippen LogP contribution in [-0.2, 0) is 11.3 Å². The Bertz CT molecular complexity index is 667. The van der Waals surface area contributed by atoms with Gasteiger partial charge in [-0.25, -0.2) is 0 Å². The molecule has 3 rings (SSSR count). The largest absolute Gasteiger partial charge is 0.492 e. The van der Waals surface area contributed by atoms with Crippen molar-refractivity contribution in [3.63, 3.8) is 0 Å². The molecule has 134 valence electrons. The van der Waals surface area contributed by atoms with Crippen LogP contribution in [0.15, 0.2) is 41.1 Å². The van der Waals surface area contributed by atoms with E-state index in [9.17, 15) is 4.79 Å². The molecule has 5 nitrogen and oxygen atoms in total. The highest BCUT2D eigenvalue weighted by molar-refractivity contribution is 7.07. The molecule has 2 heterocycles. The van der Waals surface area contributed by atoms with Crippen molar-refractivity contribution >= 4 is 22.9 Å². The Kier molecular flexibility index (Phi) is 6.44. The number of anilines is 1. The highest BCUT2D eigenvalue weighted by atomic mass is 32.1. The van der Waals surface area contributed by atoms with Crippen molar-refractivity contribution in [3.8, 4) is 5.75 Å². The molecule has 0 atom stereocenters. The lowest BCUT2D eigenvalue weighted by molar-refractivity contribution is -0.117. The predicted octanol–water partition coefficient (Wildman–Crippen LogP) is 2.90. The number of amides is 1. The molecule has 0 saturated carbocycles. The molecule has 25 heavy (non-hydrogen) atoms. The normalized spacial score (nSPS) is 15.9. The van der Waals surface area contributed by atoms with Gasteiger partial charge in [-0.15, -0.1) is 0 Å². The molecule has 1 saturated heterocycles. The van der Waals surface area contributed by atoms with E-state index in [1.807, 2.05) is 31.2 Å². The summed E-state index contributed by atoms with van der Waals surface area (Å²) < 4.78 is 5.56. The maximum absolute atomic E-state index is 12.4. The van der Waals surface area contributed by atoms with Gasteiger partial charge in [0.25, 0.3) is 0 Å². The molecule has 2 aromatic rings. The molecule has 0 aliphatic carbocycles. The van der Waals surface area contributed by atoms with Crippen LogP contribution in [0.1, 0.15) is 12.5 Å². The van der Waals surface area contributed by atoms with Gasteiger partial charge in [-0.3, -0.25) is 14.6 Å². The minimum absolute atomic E-state index is 0.0124. The van der Waals surface area contributed by atoms with Crippen LogP contribution in [0, 0.1) is 0 Å². The number of hydrogen-bond donors (Lipinski definition) is 1. The second-order valence-electron chi connectivity index (χ2n) is 6.16. The van der Waals surface area contributed by atoms with Crippen LogP contribution < -0.4 is 10.1 Å². The first-order valence-corrected chi connectivity index (χ1v) is 9.66. The molecule has 1 aliphatic rings. The third-order valence-corrected chi connectivity index (χ3v) is 5.01. The number of carbonyl (C=O) groups excluding carboxylic acids is 1. The van der Waals surface area contributed by atoms with Gasteiger partial charge >= 0.3 is 0 Å². The van der Waals surface area contributed by atoms with Crippen molar-refractivity contribution < 1.29 is 9.53 Å². The molecule has 1 N–H and O–H groups in total. The first-order chi connectivity index (χ1) is 12.2. The number of carbonyl (C=O) groups is 1. The van der Waals surface area contributed by atoms with Crippen molar-refractivity contribution in [1.82, 2.24) is 9.80 Å². The van der Waals surface area contributed by atoms with E-state index in [0.29, 0.717) is 13.2 Å². The summed E-state index contributed by atoms with van der Waals surface area (Å²) in [5, 5.41) is 7.30. The minimum atomic E-state index is 0.0124. The third kappa shape index (κ3) is 5.29. The van der Waals surface area contributed by atoms with Crippen LogP contribution in [0.3, 0.4) is 0 Å². The van der Waals surface area contributed by atoms with Crippen molar-refractivity contribution in [2.45, 2.75) is 13.5 Å². The van der Waals surface area contributed by atoms with E-state index in [4.69, 9.17) is 4.74 Å². The van der Waals surface area contributed by atoms with Crippen molar-refractivity contribution in [3.05, 3.63) is 46.7 Å². The van der Waals surface area contributed by atoms with E-state index in [0.717, 1.165) is 44.2 Å². The fourth-order valence-corrected chi connectivity index (χ4v) is 3.65. The van der Waals surface area contributed by atoms with Crippen LogP contribution >= 0.6 is 11.3 Å². The van der Waals surface area contributed by atoms with Gasteiger partial charge in [0.1, 0.15) is 5.75 Å². The fraction of sp³-hybridized carbons (Fsp3) is 0.421. The number of rotatable bonds is 7. The number of para-hydroxylation sites is 2. The summed E-state index contributed by atoms with van der Waals surface area (Å²) in [5.41, 5.74) is 2.12. The number of nitrogens with zero attached hydrogens (tertiary/aromatic N) is 2. The monoisotopic (exact) mass is 359 g/mol. The molecule has 1 aliphatic heterocycles. The Morgan fingerprint density at radius 3 is 2.64 bits per heavy atom. The fourth-order valence-electron chi connectivity index (χ4n) is 2.99. The number of benzene rings is 1. The highest BCUT2D eigenvalue weighted by Gasteiger charge is 2.19. The number of nitrogens with one attached hydrogen (secondary N) is 1. The summed E-state index contributed by atoms with van der Waals surface area (Å²) in [4.78, 5) is 17.0. The quantitative estimate of drug-likeness (QED) is 0.826. The molecule has 0 radical (unpaired) electrons. The van der Waals surface area contributed by atoms with E-state index in [1.165, 1.54) is 5.56 Å². The Balaban J connectivity index is 1.45. The first kappa shape index (κ1) is 17.9. The van der Waals surface area contributed by atoms with Gasteiger partial charge in [-0.05, 0) is 41.4 Å². The van der Waals surface area contributed by atoms with Gasteiger partial charge in [0, 0.05) is 32.7 Å². The highest BCUT2D eigenvalue weighted by Crippen LogP contribution is 2.23. The summed E-state index contributed by atoms with van der Waals surface area (Å²) in [6, 6.07) is 9.75. The first-order valence-electron chi connectivity index (χ1n) is 8.72. The van der Waals surface area contributed by atoms with Crippen molar-refractivity contribution in [1.29, 1.82) is 0 Å². The number of hydrogen-bond acceptors (Lipinski definition) is 5. The van der Waals surface area contributed by atoms with Crippen LogP contribution in [0.25, 0.3) is 0 Å². The Labute approximate surface area is 153 Å². The van der Waals surface area contributed by atoms with Crippen molar-refractivity contribution in [2.24, 2.45) is 0 Å². The zero-order valence-corrected chi connectivity index (χ0v) is 15.4. The average molecular weight is 359 g/mol. The van der Waals surface area contributed by atoms with Gasteiger partial charge in [-0.2, -0.15) is 11.3 Å². The topological polar surface area (TPSA) is 44.8 Å². The van der Waals surface area contributed by atoms with Gasteiger partial charge in [0.15, 0.2) is 0 Å². The zero-order valence-electron chi connectivity index (χ0n) is 14.6. The molecule has 6 heteroatoms. The number of thiophene rings is 1. The molecule has 1 fully saturated rings. The summed E-state index contributed by atoms with van der Waals surface area (Å²) in [6.45, 7) is 7.79. The van der Waals surface area contributed by atoms with Crippen LogP contribution in [0.5, 0.6) is 5.75 Å². The van der Waals surface area contributed by atoms with Gasteiger partial charge < -0.3 is 10.1 Å². The average Bonchev–Trinajstić information content (AvgIpc) is 3.12. The maximum Gasteiger partial charge on any atom is 0.238 e. The van der Waals surface area contributed by atoms with E-state index in [2.05, 4.69) is 31.9 Å². The van der Waals surface area contributed by atoms with Crippen molar-refractivity contribution in [2.75, 3.05) is 44.6 Å². The lowest BCUT2D eigenvalue weighted by Crippen LogP contribution is -2.48.